The zero-order valence-corrected chi connectivity index (χ0v) is 12.6. The molecule has 0 aliphatic carbocycles. The highest BCUT2D eigenvalue weighted by atomic mass is 79.9. The molecule has 1 atom stereocenters. The van der Waals surface area contributed by atoms with Crippen molar-refractivity contribution >= 4 is 15.9 Å². The van der Waals surface area contributed by atoms with Crippen molar-refractivity contribution in [2.45, 2.75) is 12.7 Å². The van der Waals surface area contributed by atoms with E-state index in [1.807, 2.05) is 37.4 Å². The van der Waals surface area contributed by atoms with Crippen LogP contribution in [0, 0.1) is 0 Å². The minimum atomic E-state index is 0.0679. The first-order valence-corrected chi connectivity index (χ1v) is 7.14. The standard InChI is InChI=1S/C16H18BrNO/c1-18-11-16(14-7-9-15(17)10-8-14)19-12-13-5-3-2-4-6-13/h2-10,16,18H,11-12H2,1H3. The maximum absolute atomic E-state index is 6.02. The van der Waals surface area contributed by atoms with Crippen molar-refractivity contribution in [1.82, 2.24) is 5.32 Å². The lowest BCUT2D eigenvalue weighted by Crippen LogP contribution is -2.19. The van der Waals surface area contributed by atoms with E-state index in [1.165, 1.54) is 11.1 Å². The number of likely N-dealkylation sites (N-methyl/N-ethyl adjacent to an activating group) is 1. The Hall–Kier alpha value is -1.16. The molecule has 0 bridgehead atoms. The van der Waals surface area contributed by atoms with Crippen LogP contribution in [0.1, 0.15) is 17.2 Å². The molecule has 0 aromatic heterocycles. The van der Waals surface area contributed by atoms with E-state index in [-0.39, 0.29) is 6.10 Å². The van der Waals surface area contributed by atoms with Gasteiger partial charge in [0.15, 0.2) is 0 Å². The number of hydrogen-bond donors (Lipinski definition) is 1. The van der Waals surface area contributed by atoms with Gasteiger partial charge in [-0.15, -0.1) is 0 Å². The van der Waals surface area contributed by atoms with Gasteiger partial charge in [-0.05, 0) is 30.3 Å². The van der Waals surface area contributed by atoms with Gasteiger partial charge in [0.2, 0.25) is 0 Å². The van der Waals surface area contributed by atoms with E-state index in [9.17, 15) is 0 Å². The molecule has 2 aromatic carbocycles. The van der Waals surface area contributed by atoms with Gasteiger partial charge in [-0.3, -0.25) is 0 Å². The lowest BCUT2D eigenvalue weighted by atomic mass is 10.1. The molecule has 0 saturated heterocycles. The SMILES string of the molecule is CNCC(OCc1ccccc1)c1ccc(Br)cc1. The van der Waals surface area contributed by atoms with Crippen LogP contribution in [0.5, 0.6) is 0 Å². The zero-order chi connectivity index (χ0) is 13.5. The van der Waals surface area contributed by atoms with Crippen LogP contribution in [-0.4, -0.2) is 13.6 Å². The smallest absolute Gasteiger partial charge is 0.0953 e. The predicted molar refractivity (Wildman–Crippen MR) is 82.0 cm³/mol. The van der Waals surface area contributed by atoms with Crippen LogP contribution < -0.4 is 5.32 Å². The zero-order valence-electron chi connectivity index (χ0n) is 11.0. The van der Waals surface area contributed by atoms with Gasteiger partial charge in [-0.25, -0.2) is 0 Å². The second kappa shape index (κ2) is 7.43. The first kappa shape index (κ1) is 14.3. The maximum Gasteiger partial charge on any atom is 0.0953 e. The van der Waals surface area contributed by atoms with Gasteiger partial charge in [0.25, 0.3) is 0 Å². The summed E-state index contributed by atoms with van der Waals surface area (Å²) in [6.07, 6.45) is 0.0679. The second-order valence-corrected chi connectivity index (χ2v) is 5.31. The van der Waals surface area contributed by atoms with Gasteiger partial charge in [-0.1, -0.05) is 58.4 Å². The fourth-order valence-corrected chi connectivity index (χ4v) is 2.17. The Kier molecular flexibility index (Phi) is 5.58. The summed E-state index contributed by atoms with van der Waals surface area (Å²) in [7, 11) is 1.94. The van der Waals surface area contributed by atoms with Gasteiger partial charge in [0.1, 0.15) is 0 Å². The molecule has 0 saturated carbocycles. The van der Waals surface area contributed by atoms with Crippen molar-refractivity contribution in [3.8, 4) is 0 Å². The Morgan fingerprint density at radius 3 is 2.37 bits per heavy atom. The number of nitrogens with one attached hydrogen (secondary N) is 1. The van der Waals surface area contributed by atoms with Crippen molar-refractivity contribution in [3.05, 3.63) is 70.2 Å². The van der Waals surface area contributed by atoms with Crippen LogP contribution in [0.2, 0.25) is 0 Å². The van der Waals surface area contributed by atoms with Crippen molar-refractivity contribution < 1.29 is 4.74 Å². The molecule has 1 unspecified atom stereocenters. The van der Waals surface area contributed by atoms with Crippen LogP contribution in [0.4, 0.5) is 0 Å². The van der Waals surface area contributed by atoms with Crippen LogP contribution in [0.25, 0.3) is 0 Å². The monoisotopic (exact) mass is 319 g/mol. The van der Waals surface area contributed by atoms with Crippen LogP contribution >= 0.6 is 15.9 Å². The molecular formula is C16H18BrNO. The summed E-state index contributed by atoms with van der Waals surface area (Å²) >= 11 is 3.45. The van der Waals surface area contributed by atoms with Gasteiger partial charge in [0.05, 0.1) is 12.7 Å². The van der Waals surface area contributed by atoms with Crippen LogP contribution in [0.3, 0.4) is 0 Å². The molecule has 2 aromatic rings. The molecule has 0 radical (unpaired) electrons. The van der Waals surface area contributed by atoms with E-state index < -0.39 is 0 Å². The largest absolute Gasteiger partial charge is 0.368 e. The Bertz CT molecular complexity index is 484. The minimum Gasteiger partial charge on any atom is -0.368 e. The third kappa shape index (κ3) is 4.46. The van der Waals surface area contributed by atoms with Crippen LogP contribution in [-0.2, 0) is 11.3 Å². The highest BCUT2D eigenvalue weighted by Crippen LogP contribution is 2.21. The predicted octanol–water partition coefficient (Wildman–Crippen LogP) is 3.93. The van der Waals surface area contributed by atoms with Crippen molar-refractivity contribution in [3.63, 3.8) is 0 Å². The van der Waals surface area contributed by atoms with E-state index in [1.54, 1.807) is 0 Å². The summed E-state index contributed by atoms with van der Waals surface area (Å²) in [6, 6.07) is 18.5. The second-order valence-electron chi connectivity index (χ2n) is 4.39. The molecule has 100 valence electrons. The van der Waals surface area contributed by atoms with E-state index in [0.29, 0.717) is 6.61 Å². The van der Waals surface area contributed by atoms with Gasteiger partial charge in [0, 0.05) is 11.0 Å². The molecule has 0 fully saturated rings. The number of halogens is 1. The Labute approximate surface area is 122 Å². The molecule has 0 aliphatic heterocycles. The third-order valence-electron chi connectivity index (χ3n) is 2.93. The summed E-state index contributed by atoms with van der Waals surface area (Å²) < 4.78 is 7.10. The lowest BCUT2D eigenvalue weighted by Gasteiger charge is -2.18. The van der Waals surface area contributed by atoms with Crippen molar-refractivity contribution in [1.29, 1.82) is 0 Å². The number of benzene rings is 2. The maximum atomic E-state index is 6.02. The summed E-state index contributed by atoms with van der Waals surface area (Å²) in [6.45, 7) is 1.43. The Morgan fingerprint density at radius 2 is 1.74 bits per heavy atom. The summed E-state index contributed by atoms with van der Waals surface area (Å²) in [5.74, 6) is 0. The highest BCUT2D eigenvalue weighted by Gasteiger charge is 2.11. The fourth-order valence-electron chi connectivity index (χ4n) is 1.91. The summed E-state index contributed by atoms with van der Waals surface area (Å²) in [5, 5.41) is 3.18. The molecular weight excluding hydrogens is 302 g/mol. The molecule has 0 spiro atoms. The highest BCUT2D eigenvalue weighted by molar-refractivity contribution is 9.10. The molecule has 3 heteroatoms. The number of hydrogen-bond acceptors (Lipinski definition) is 2. The van der Waals surface area contributed by atoms with E-state index >= 15 is 0 Å². The van der Waals surface area contributed by atoms with E-state index in [4.69, 9.17) is 4.74 Å². The molecule has 0 amide bonds. The molecule has 19 heavy (non-hydrogen) atoms. The number of rotatable bonds is 6. The van der Waals surface area contributed by atoms with Gasteiger partial charge in [-0.2, -0.15) is 0 Å². The average Bonchev–Trinajstić information content (AvgIpc) is 2.46. The lowest BCUT2D eigenvalue weighted by molar-refractivity contribution is 0.0410. The van der Waals surface area contributed by atoms with Crippen LogP contribution in [0.15, 0.2) is 59.1 Å². The summed E-state index contributed by atoms with van der Waals surface area (Å²) in [5.41, 5.74) is 2.38. The topological polar surface area (TPSA) is 21.3 Å². The summed E-state index contributed by atoms with van der Waals surface area (Å²) in [4.78, 5) is 0. The number of ether oxygens (including phenoxy) is 1. The Balaban J connectivity index is 2.02. The first-order valence-electron chi connectivity index (χ1n) is 6.35. The first-order chi connectivity index (χ1) is 9.29. The van der Waals surface area contributed by atoms with Crippen molar-refractivity contribution in [2.24, 2.45) is 0 Å². The van der Waals surface area contributed by atoms with E-state index in [0.717, 1.165) is 11.0 Å². The molecule has 2 nitrogen and oxygen atoms in total. The van der Waals surface area contributed by atoms with Gasteiger partial charge >= 0.3 is 0 Å². The quantitative estimate of drug-likeness (QED) is 0.871. The minimum absolute atomic E-state index is 0.0679. The average molecular weight is 320 g/mol. The Morgan fingerprint density at radius 1 is 1.05 bits per heavy atom. The molecule has 2 rings (SSSR count). The van der Waals surface area contributed by atoms with Gasteiger partial charge < -0.3 is 10.1 Å². The van der Waals surface area contributed by atoms with Crippen molar-refractivity contribution in [2.75, 3.05) is 13.6 Å². The molecule has 1 N–H and O–H groups in total. The molecule has 0 heterocycles. The molecule has 0 aliphatic rings. The third-order valence-corrected chi connectivity index (χ3v) is 3.45. The van der Waals surface area contributed by atoms with E-state index in [2.05, 4.69) is 45.5 Å². The fraction of sp³-hybridized carbons (Fsp3) is 0.250. The normalized spacial score (nSPS) is 12.3.